The Kier molecular flexibility index (Phi) is 4.55. The summed E-state index contributed by atoms with van der Waals surface area (Å²) in [5, 5.41) is 2.43. The molecule has 3 rings (SSSR count). The number of hydrogen-bond donors (Lipinski definition) is 1. The van der Waals surface area contributed by atoms with E-state index in [0.29, 0.717) is 19.0 Å². The SMILES string of the molecule is CC(C)c1nccn1[C@H]1CCCN(C(=O)CN2C(=O)CNC2=O)C1. The molecule has 0 spiro atoms. The number of carbonyl (C=O) groups excluding carboxylic acids is 3. The van der Waals surface area contributed by atoms with Crippen molar-refractivity contribution in [3.8, 4) is 0 Å². The minimum atomic E-state index is -0.487. The van der Waals surface area contributed by atoms with Crippen LogP contribution in [-0.2, 0) is 9.59 Å². The molecule has 2 fully saturated rings. The maximum Gasteiger partial charge on any atom is 0.325 e. The molecule has 1 aromatic rings. The largest absolute Gasteiger partial charge is 0.339 e. The molecule has 1 atom stereocenters. The predicted molar refractivity (Wildman–Crippen MR) is 86.3 cm³/mol. The molecule has 2 aliphatic heterocycles. The third-order valence-electron chi connectivity index (χ3n) is 4.59. The van der Waals surface area contributed by atoms with E-state index in [4.69, 9.17) is 0 Å². The number of amides is 4. The van der Waals surface area contributed by atoms with Crippen LogP contribution in [0.15, 0.2) is 12.4 Å². The average Bonchev–Trinajstić information content (AvgIpc) is 3.17. The van der Waals surface area contributed by atoms with Crippen LogP contribution in [0.1, 0.15) is 44.5 Å². The molecule has 8 heteroatoms. The van der Waals surface area contributed by atoms with Gasteiger partial charge in [-0.1, -0.05) is 13.8 Å². The highest BCUT2D eigenvalue weighted by atomic mass is 16.2. The molecule has 0 radical (unpaired) electrons. The lowest BCUT2D eigenvalue weighted by molar-refractivity contribution is -0.137. The molecule has 3 heterocycles. The van der Waals surface area contributed by atoms with Gasteiger partial charge >= 0.3 is 6.03 Å². The van der Waals surface area contributed by atoms with Crippen LogP contribution in [0.25, 0.3) is 0 Å². The summed E-state index contributed by atoms with van der Waals surface area (Å²) in [6, 6.07) is -0.302. The van der Waals surface area contributed by atoms with Gasteiger partial charge in [0.15, 0.2) is 0 Å². The lowest BCUT2D eigenvalue weighted by atomic mass is 10.0. The van der Waals surface area contributed by atoms with Crippen molar-refractivity contribution in [2.24, 2.45) is 0 Å². The number of nitrogens with zero attached hydrogens (tertiary/aromatic N) is 4. The second-order valence-electron chi connectivity index (χ2n) is 6.62. The molecule has 0 saturated carbocycles. The fourth-order valence-electron chi connectivity index (χ4n) is 3.34. The van der Waals surface area contributed by atoms with E-state index in [1.807, 2.05) is 6.20 Å². The van der Waals surface area contributed by atoms with Crippen molar-refractivity contribution in [2.75, 3.05) is 26.2 Å². The van der Waals surface area contributed by atoms with Crippen LogP contribution in [0.4, 0.5) is 4.79 Å². The van der Waals surface area contributed by atoms with Gasteiger partial charge in [0.25, 0.3) is 5.91 Å². The smallest absolute Gasteiger partial charge is 0.325 e. The number of imidazole rings is 1. The van der Waals surface area contributed by atoms with Crippen molar-refractivity contribution >= 4 is 17.8 Å². The first kappa shape index (κ1) is 16.5. The molecule has 0 unspecified atom stereocenters. The summed E-state index contributed by atoms with van der Waals surface area (Å²) in [4.78, 5) is 42.9. The summed E-state index contributed by atoms with van der Waals surface area (Å²) in [6.45, 7) is 5.23. The highest BCUT2D eigenvalue weighted by molar-refractivity contribution is 6.04. The molecular weight excluding hydrogens is 310 g/mol. The van der Waals surface area contributed by atoms with E-state index in [1.54, 1.807) is 11.1 Å². The van der Waals surface area contributed by atoms with Crippen LogP contribution in [0.3, 0.4) is 0 Å². The Morgan fingerprint density at radius 2 is 2.21 bits per heavy atom. The fraction of sp³-hybridized carbons (Fsp3) is 0.625. The van der Waals surface area contributed by atoms with Crippen molar-refractivity contribution in [1.29, 1.82) is 0 Å². The molecule has 0 aromatic carbocycles. The molecule has 1 N–H and O–H groups in total. The number of aromatic nitrogens is 2. The van der Waals surface area contributed by atoms with E-state index in [9.17, 15) is 14.4 Å². The van der Waals surface area contributed by atoms with Crippen LogP contribution in [0, 0.1) is 0 Å². The molecule has 8 nitrogen and oxygen atoms in total. The third kappa shape index (κ3) is 3.13. The summed E-state index contributed by atoms with van der Waals surface area (Å²) in [6.07, 6.45) is 5.64. The number of piperidine rings is 1. The molecule has 2 aliphatic rings. The van der Waals surface area contributed by atoms with Crippen LogP contribution in [0.2, 0.25) is 0 Å². The molecule has 1 aromatic heterocycles. The number of urea groups is 1. The molecule has 0 bridgehead atoms. The van der Waals surface area contributed by atoms with Gasteiger partial charge in [-0.15, -0.1) is 0 Å². The van der Waals surface area contributed by atoms with Crippen LogP contribution >= 0.6 is 0 Å². The van der Waals surface area contributed by atoms with Crippen LogP contribution in [0.5, 0.6) is 0 Å². The number of rotatable bonds is 4. The quantitative estimate of drug-likeness (QED) is 0.823. The van der Waals surface area contributed by atoms with Gasteiger partial charge < -0.3 is 14.8 Å². The van der Waals surface area contributed by atoms with E-state index in [2.05, 4.69) is 28.7 Å². The van der Waals surface area contributed by atoms with E-state index < -0.39 is 6.03 Å². The average molecular weight is 333 g/mol. The minimum absolute atomic E-state index is 0.0263. The highest BCUT2D eigenvalue weighted by Crippen LogP contribution is 2.25. The first-order valence-electron chi connectivity index (χ1n) is 8.36. The Morgan fingerprint density at radius 1 is 1.42 bits per heavy atom. The van der Waals surface area contributed by atoms with Crippen LogP contribution in [-0.4, -0.2) is 63.4 Å². The van der Waals surface area contributed by atoms with Crippen molar-refractivity contribution in [3.63, 3.8) is 0 Å². The first-order valence-corrected chi connectivity index (χ1v) is 8.36. The molecule has 4 amide bonds. The zero-order valence-corrected chi connectivity index (χ0v) is 14.1. The predicted octanol–water partition coefficient (Wildman–Crippen LogP) is 0.722. The molecule has 24 heavy (non-hydrogen) atoms. The van der Waals surface area contributed by atoms with Gasteiger partial charge in [0, 0.05) is 31.4 Å². The number of nitrogens with one attached hydrogen (secondary N) is 1. The van der Waals surface area contributed by atoms with E-state index in [0.717, 1.165) is 23.6 Å². The van der Waals surface area contributed by atoms with Crippen molar-refractivity contribution in [3.05, 3.63) is 18.2 Å². The first-order chi connectivity index (χ1) is 11.5. The Labute approximate surface area is 140 Å². The highest BCUT2D eigenvalue weighted by Gasteiger charge is 2.33. The summed E-state index contributed by atoms with van der Waals surface area (Å²) in [7, 11) is 0. The Hall–Kier alpha value is -2.38. The Morgan fingerprint density at radius 3 is 2.88 bits per heavy atom. The van der Waals surface area contributed by atoms with Crippen molar-refractivity contribution < 1.29 is 14.4 Å². The van der Waals surface area contributed by atoms with Gasteiger partial charge in [-0.2, -0.15) is 0 Å². The third-order valence-corrected chi connectivity index (χ3v) is 4.59. The summed E-state index contributed by atoms with van der Waals surface area (Å²) in [5.41, 5.74) is 0. The fourth-order valence-corrected chi connectivity index (χ4v) is 3.34. The Balaban J connectivity index is 1.67. The number of carbonyl (C=O) groups is 3. The number of imide groups is 1. The van der Waals surface area contributed by atoms with E-state index in [1.165, 1.54) is 0 Å². The molecule has 0 aliphatic carbocycles. The minimum Gasteiger partial charge on any atom is -0.339 e. The summed E-state index contributed by atoms with van der Waals surface area (Å²) < 4.78 is 2.15. The van der Waals surface area contributed by atoms with E-state index >= 15 is 0 Å². The number of likely N-dealkylation sites (tertiary alicyclic amines) is 1. The maximum absolute atomic E-state index is 12.5. The standard InChI is InChI=1S/C16H23N5O3/c1-11(2)15-17-5-7-20(15)12-4-3-6-19(9-12)14(23)10-21-13(22)8-18-16(21)24/h5,7,11-12H,3-4,6,8-10H2,1-2H3,(H,18,24)/t12-/m0/s1. The van der Waals surface area contributed by atoms with Gasteiger partial charge in [-0.05, 0) is 12.8 Å². The van der Waals surface area contributed by atoms with Gasteiger partial charge in [-0.3, -0.25) is 14.5 Å². The molecular formula is C16H23N5O3. The lowest BCUT2D eigenvalue weighted by Crippen LogP contribution is -2.47. The van der Waals surface area contributed by atoms with Gasteiger partial charge in [-0.25, -0.2) is 9.78 Å². The second-order valence-corrected chi connectivity index (χ2v) is 6.62. The van der Waals surface area contributed by atoms with Crippen molar-refractivity contribution in [2.45, 2.75) is 38.6 Å². The Bertz CT molecular complexity index is 638. The summed E-state index contributed by atoms with van der Waals surface area (Å²) in [5.74, 6) is 0.801. The van der Waals surface area contributed by atoms with Gasteiger partial charge in [0.1, 0.15) is 12.4 Å². The topological polar surface area (TPSA) is 87.5 Å². The van der Waals surface area contributed by atoms with Gasteiger partial charge in [0.05, 0.1) is 12.6 Å². The van der Waals surface area contributed by atoms with Crippen molar-refractivity contribution in [1.82, 2.24) is 24.7 Å². The molecule has 130 valence electrons. The second kappa shape index (κ2) is 6.62. The van der Waals surface area contributed by atoms with Gasteiger partial charge in [0.2, 0.25) is 5.91 Å². The maximum atomic E-state index is 12.5. The normalized spacial score (nSPS) is 21.5. The van der Waals surface area contributed by atoms with E-state index in [-0.39, 0.29) is 30.9 Å². The zero-order valence-electron chi connectivity index (χ0n) is 14.1. The summed E-state index contributed by atoms with van der Waals surface area (Å²) >= 11 is 0. The van der Waals surface area contributed by atoms with Crippen LogP contribution < -0.4 is 5.32 Å². The lowest BCUT2D eigenvalue weighted by Gasteiger charge is -2.35. The monoisotopic (exact) mass is 333 g/mol. The number of hydrogen-bond acceptors (Lipinski definition) is 4. The zero-order chi connectivity index (χ0) is 17.3. The molecule has 2 saturated heterocycles.